The highest BCUT2D eigenvalue weighted by molar-refractivity contribution is 5.83. The molecule has 2 nitrogen and oxygen atoms in total. The summed E-state index contributed by atoms with van der Waals surface area (Å²) in [6, 6.07) is 6.41. The molecule has 0 bridgehead atoms. The van der Waals surface area contributed by atoms with Crippen molar-refractivity contribution in [3.05, 3.63) is 69.2 Å². The third-order valence-corrected chi connectivity index (χ3v) is 4.15. The summed E-state index contributed by atoms with van der Waals surface area (Å²) < 4.78 is 0. The molecule has 2 aromatic heterocycles. The van der Waals surface area contributed by atoms with E-state index < -0.39 is 0 Å². The van der Waals surface area contributed by atoms with E-state index >= 15 is 0 Å². The monoisotopic (exact) mass is 288 g/mol. The largest absolute Gasteiger partial charge is 0.358 e. The number of aryl methyl sites for hydroxylation is 2. The summed E-state index contributed by atoms with van der Waals surface area (Å²) >= 11 is 0. The van der Waals surface area contributed by atoms with Crippen molar-refractivity contribution in [2.24, 2.45) is 0 Å². The molecule has 0 radical (unpaired) electrons. The van der Waals surface area contributed by atoms with Gasteiger partial charge in [-0.3, -0.25) is 0 Å². The first-order valence-corrected chi connectivity index (χ1v) is 7.35. The van der Waals surface area contributed by atoms with E-state index in [1.807, 2.05) is 6.08 Å². The molecular formula is C20H20N2. The Morgan fingerprint density at radius 1 is 1.14 bits per heavy atom. The minimum Gasteiger partial charge on any atom is -0.358 e. The molecule has 0 unspecified atom stereocenters. The molecule has 0 aliphatic heterocycles. The van der Waals surface area contributed by atoms with Crippen molar-refractivity contribution in [3.8, 4) is 0 Å². The lowest BCUT2D eigenvalue weighted by Crippen LogP contribution is -2.20. The maximum Gasteiger partial charge on any atom is 0.0464 e. The van der Waals surface area contributed by atoms with Crippen molar-refractivity contribution >= 4 is 29.6 Å². The van der Waals surface area contributed by atoms with Crippen molar-refractivity contribution in [2.75, 3.05) is 0 Å². The SMILES string of the molecule is C=C=Cc1c(C)[nH]c(/C=c2\c(=C)[nH]c3ccc(C)cc23)c1C. The Morgan fingerprint density at radius 2 is 1.91 bits per heavy atom. The standard InChI is InChI=1S/C20H20N2/c1-6-7-16-13(3)20(22-14(16)4)11-17-15(5)21-19-9-8-12(2)10-18(17)19/h7-11,21-22H,1,5H2,2-4H3/b17-11+. The molecule has 0 atom stereocenters. The third kappa shape index (κ3) is 2.24. The predicted molar refractivity (Wildman–Crippen MR) is 95.2 cm³/mol. The summed E-state index contributed by atoms with van der Waals surface area (Å²) in [5.41, 5.74) is 9.81. The Balaban J connectivity index is 2.32. The number of benzene rings is 1. The van der Waals surface area contributed by atoms with Crippen LogP contribution in [0.25, 0.3) is 29.6 Å². The molecule has 0 saturated carbocycles. The molecule has 0 amide bonds. The van der Waals surface area contributed by atoms with Gasteiger partial charge in [-0.25, -0.2) is 0 Å². The summed E-state index contributed by atoms with van der Waals surface area (Å²) in [5, 5.41) is 3.28. The number of rotatable bonds is 2. The van der Waals surface area contributed by atoms with Gasteiger partial charge in [0, 0.05) is 38.4 Å². The molecule has 3 aromatic rings. The van der Waals surface area contributed by atoms with Gasteiger partial charge in [-0.1, -0.05) is 24.8 Å². The average Bonchev–Trinajstić information content (AvgIpc) is 2.92. The average molecular weight is 288 g/mol. The zero-order chi connectivity index (χ0) is 15.9. The summed E-state index contributed by atoms with van der Waals surface area (Å²) in [6.07, 6.45) is 4.09. The van der Waals surface area contributed by atoms with Gasteiger partial charge in [0.1, 0.15) is 0 Å². The van der Waals surface area contributed by atoms with Crippen molar-refractivity contribution in [1.29, 1.82) is 0 Å². The van der Waals surface area contributed by atoms with E-state index in [9.17, 15) is 0 Å². The quantitative estimate of drug-likeness (QED) is 0.677. The van der Waals surface area contributed by atoms with E-state index in [0.29, 0.717) is 0 Å². The van der Waals surface area contributed by atoms with Crippen molar-refractivity contribution in [2.45, 2.75) is 20.8 Å². The van der Waals surface area contributed by atoms with E-state index in [1.54, 1.807) is 0 Å². The molecule has 2 heteroatoms. The molecule has 0 fully saturated rings. The minimum atomic E-state index is 0.938. The van der Waals surface area contributed by atoms with Gasteiger partial charge in [-0.2, -0.15) is 0 Å². The molecule has 3 rings (SSSR count). The van der Waals surface area contributed by atoms with Gasteiger partial charge in [0.2, 0.25) is 0 Å². The van der Waals surface area contributed by atoms with Crippen molar-refractivity contribution in [1.82, 2.24) is 9.97 Å². The molecule has 0 saturated heterocycles. The van der Waals surface area contributed by atoms with Crippen LogP contribution in [0.5, 0.6) is 0 Å². The second-order valence-corrected chi connectivity index (χ2v) is 5.76. The van der Waals surface area contributed by atoms with Crippen LogP contribution in [0.15, 0.2) is 30.5 Å². The lowest BCUT2D eigenvalue weighted by molar-refractivity contribution is 1.24. The molecule has 0 spiro atoms. The molecule has 110 valence electrons. The second kappa shape index (κ2) is 5.25. The van der Waals surface area contributed by atoms with Gasteiger partial charge >= 0.3 is 0 Å². The first kappa shape index (κ1) is 14.2. The highest BCUT2D eigenvalue weighted by Gasteiger charge is 2.08. The molecular weight excluding hydrogens is 268 g/mol. The summed E-state index contributed by atoms with van der Waals surface area (Å²) in [7, 11) is 0. The minimum absolute atomic E-state index is 0.938. The van der Waals surface area contributed by atoms with Gasteiger partial charge in [0.15, 0.2) is 0 Å². The fraction of sp³-hybridized carbons (Fsp3) is 0.150. The summed E-state index contributed by atoms with van der Waals surface area (Å²) in [4.78, 5) is 6.80. The number of H-pyrrole nitrogens is 2. The number of aromatic amines is 2. The Morgan fingerprint density at radius 3 is 2.64 bits per heavy atom. The number of hydrogen-bond acceptors (Lipinski definition) is 0. The lowest BCUT2D eigenvalue weighted by Gasteiger charge is -1.94. The van der Waals surface area contributed by atoms with Gasteiger partial charge in [-0.05, 0) is 50.6 Å². The molecule has 0 aliphatic carbocycles. The van der Waals surface area contributed by atoms with Crippen molar-refractivity contribution in [3.63, 3.8) is 0 Å². The zero-order valence-electron chi connectivity index (χ0n) is 13.3. The van der Waals surface area contributed by atoms with Gasteiger partial charge in [-0.15, -0.1) is 5.73 Å². The fourth-order valence-corrected chi connectivity index (χ4v) is 2.94. The summed E-state index contributed by atoms with van der Waals surface area (Å²) in [6.45, 7) is 14.1. The molecule has 1 aromatic carbocycles. The zero-order valence-corrected chi connectivity index (χ0v) is 13.3. The van der Waals surface area contributed by atoms with Crippen molar-refractivity contribution < 1.29 is 0 Å². The van der Waals surface area contributed by atoms with Gasteiger partial charge in [0.05, 0.1) is 0 Å². The molecule has 2 N–H and O–H groups in total. The number of fused-ring (bicyclic) bond motifs is 1. The molecule has 22 heavy (non-hydrogen) atoms. The Kier molecular flexibility index (Phi) is 3.40. The van der Waals surface area contributed by atoms with E-state index in [1.165, 1.54) is 16.5 Å². The number of hydrogen-bond donors (Lipinski definition) is 2. The normalized spacial score (nSPS) is 11.9. The van der Waals surface area contributed by atoms with E-state index in [-0.39, 0.29) is 0 Å². The molecule has 2 heterocycles. The third-order valence-electron chi connectivity index (χ3n) is 4.15. The fourth-order valence-electron chi connectivity index (χ4n) is 2.94. The van der Waals surface area contributed by atoms with Crippen LogP contribution in [0.1, 0.15) is 28.1 Å². The van der Waals surface area contributed by atoms with Crippen LogP contribution >= 0.6 is 0 Å². The van der Waals surface area contributed by atoms with Gasteiger partial charge in [0.25, 0.3) is 0 Å². The van der Waals surface area contributed by atoms with Crippen LogP contribution in [-0.4, -0.2) is 9.97 Å². The first-order valence-electron chi connectivity index (χ1n) is 7.35. The maximum atomic E-state index is 4.15. The van der Waals surface area contributed by atoms with Crippen LogP contribution in [0.4, 0.5) is 0 Å². The van der Waals surface area contributed by atoms with Crippen LogP contribution in [-0.2, 0) is 0 Å². The number of nitrogens with one attached hydrogen (secondary N) is 2. The van der Waals surface area contributed by atoms with Crippen LogP contribution < -0.4 is 10.6 Å². The van der Waals surface area contributed by atoms with Crippen LogP contribution in [0.3, 0.4) is 0 Å². The van der Waals surface area contributed by atoms with Crippen LogP contribution in [0.2, 0.25) is 0 Å². The number of aromatic nitrogens is 2. The predicted octanol–water partition coefficient (Wildman–Crippen LogP) is 3.46. The topological polar surface area (TPSA) is 31.6 Å². The highest BCUT2D eigenvalue weighted by atomic mass is 14.7. The summed E-state index contributed by atoms with van der Waals surface area (Å²) in [5.74, 6) is 0. The maximum absolute atomic E-state index is 4.15. The van der Waals surface area contributed by atoms with E-state index in [0.717, 1.165) is 33.0 Å². The Bertz CT molecular complexity index is 1020. The lowest BCUT2D eigenvalue weighted by atomic mass is 10.1. The first-order chi connectivity index (χ1) is 10.5. The van der Waals surface area contributed by atoms with Gasteiger partial charge < -0.3 is 9.97 Å². The highest BCUT2D eigenvalue weighted by Crippen LogP contribution is 2.19. The van der Waals surface area contributed by atoms with E-state index in [2.05, 4.69) is 73.9 Å². The smallest absolute Gasteiger partial charge is 0.0464 e. The van der Waals surface area contributed by atoms with E-state index in [4.69, 9.17) is 0 Å². The second-order valence-electron chi connectivity index (χ2n) is 5.76. The Labute approximate surface area is 130 Å². The Hall–Kier alpha value is -2.70. The van der Waals surface area contributed by atoms with Crippen LogP contribution in [0, 0.1) is 20.8 Å². The molecule has 0 aliphatic rings.